The summed E-state index contributed by atoms with van der Waals surface area (Å²) >= 11 is 0. The average Bonchev–Trinajstić information content (AvgIpc) is 3.41. The number of hydrogen-bond donors (Lipinski definition) is 0. The summed E-state index contributed by atoms with van der Waals surface area (Å²) in [5.41, 5.74) is 8.48. The first-order valence-electron chi connectivity index (χ1n) is 13.0. The number of hydrogen-bond acceptors (Lipinski definition) is 1. The van der Waals surface area contributed by atoms with Crippen molar-refractivity contribution >= 4 is 5.57 Å². The van der Waals surface area contributed by atoms with E-state index in [0.29, 0.717) is 29.1 Å². The van der Waals surface area contributed by atoms with Crippen LogP contribution in [0.5, 0.6) is 0 Å². The van der Waals surface area contributed by atoms with Crippen molar-refractivity contribution in [3.8, 4) is 12.3 Å². The van der Waals surface area contributed by atoms with Gasteiger partial charge in [-0.3, -0.25) is 0 Å². The van der Waals surface area contributed by atoms with Crippen LogP contribution in [0, 0.1) is 48.4 Å². The molecule has 5 atom stereocenters. The van der Waals surface area contributed by atoms with Gasteiger partial charge >= 0.3 is 0 Å². The van der Waals surface area contributed by atoms with Gasteiger partial charge in [0.05, 0.1) is 12.5 Å². The normalized spacial score (nSPS) is 30.3. The van der Waals surface area contributed by atoms with E-state index in [1.165, 1.54) is 66.4 Å². The molecule has 1 heterocycles. The molecule has 2 aromatic rings. The van der Waals surface area contributed by atoms with Crippen LogP contribution in [-0.2, 0) is 0 Å². The van der Waals surface area contributed by atoms with Crippen LogP contribution in [0.1, 0.15) is 81.9 Å². The first-order chi connectivity index (χ1) is 16.0. The largest absolute Gasteiger partial charge is 0.472 e. The number of furan rings is 1. The minimum atomic E-state index is 0.295. The Labute approximate surface area is 200 Å². The third-order valence-electron chi connectivity index (χ3n) is 9.28. The lowest BCUT2D eigenvalue weighted by Gasteiger charge is -2.32. The molecule has 1 aromatic heterocycles. The Kier molecular flexibility index (Phi) is 5.90. The van der Waals surface area contributed by atoms with Crippen molar-refractivity contribution < 1.29 is 4.42 Å². The van der Waals surface area contributed by atoms with Gasteiger partial charge in [0.25, 0.3) is 0 Å². The monoisotopic (exact) mass is 438 g/mol. The molecule has 2 saturated carbocycles. The Morgan fingerprint density at radius 1 is 1.06 bits per heavy atom. The second-order valence-corrected chi connectivity index (χ2v) is 11.2. The van der Waals surface area contributed by atoms with Gasteiger partial charge in [0.1, 0.15) is 0 Å². The molecule has 33 heavy (non-hydrogen) atoms. The third kappa shape index (κ3) is 3.82. The maximum absolute atomic E-state index is 6.30. The summed E-state index contributed by atoms with van der Waals surface area (Å²) in [6, 6.07) is 10.9. The van der Waals surface area contributed by atoms with Crippen LogP contribution in [0.4, 0.5) is 0 Å². The van der Waals surface area contributed by atoms with E-state index in [2.05, 4.69) is 70.0 Å². The molecule has 1 aromatic carbocycles. The lowest BCUT2D eigenvalue weighted by atomic mass is 9.72. The van der Waals surface area contributed by atoms with Crippen molar-refractivity contribution in [3.05, 3.63) is 76.8 Å². The molecule has 3 aliphatic rings. The number of fused-ring (bicyclic) bond motifs is 1. The van der Waals surface area contributed by atoms with Crippen LogP contribution in [0.2, 0.25) is 0 Å². The zero-order chi connectivity index (χ0) is 23.2. The smallest absolute Gasteiger partial charge is 0.0937 e. The van der Waals surface area contributed by atoms with E-state index in [9.17, 15) is 0 Å². The average molecular weight is 439 g/mol. The molecular weight excluding hydrogens is 400 g/mol. The molecule has 0 N–H and O–H groups in total. The summed E-state index contributed by atoms with van der Waals surface area (Å²) in [4.78, 5) is 0. The summed E-state index contributed by atoms with van der Waals surface area (Å²) < 4.78 is 5.38. The lowest BCUT2D eigenvalue weighted by Crippen LogP contribution is -2.21. The first kappa shape index (κ1) is 22.3. The summed E-state index contributed by atoms with van der Waals surface area (Å²) in [6.45, 7) is 9.41. The molecule has 0 spiro atoms. The van der Waals surface area contributed by atoms with Gasteiger partial charge in [-0.25, -0.2) is 0 Å². The third-order valence-corrected chi connectivity index (χ3v) is 9.28. The molecule has 5 rings (SSSR count). The standard InChI is InChI=1S/C32H38O/c1-6-27-29(28-13-8-7-10-22(28)4)18-32(21(2)3)19-30(32)31(27)25-12-9-11-24(14-15-25)23(5)26-16-17-33-20-26/h1,7-8,10,13,16-18,20-21,23-25,30H,9,11-12,14-15,19H2,2-5H3. The Morgan fingerprint density at radius 2 is 1.88 bits per heavy atom. The number of allylic oxidation sites excluding steroid dienone is 4. The Hall–Kier alpha value is -2.46. The van der Waals surface area contributed by atoms with E-state index in [4.69, 9.17) is 10.8 Å². The number of benzene rings is 1. The topological polar surface area (TPSA) is 13.1 Å². The summed E-state index contributed by atoms with van der Waals surface area (Å²) in [6.07, 6.45) is 20.3. The highest BCUT2D eigenvalue weighted by Gasteiger charge is 2.59. The molecule has 0 aliphatic heterocycles. The quantitative estimate of drug-likeness (QED) is 0.336. The maximum atomic E-state index is 6.30. The van der Waals surface area contributed by atoms with Crippen molar-refractivity contribution in [1.82, 2.24) is 0 Å². The van der Waals surface area contributed by atoms with E-state index < -0.39 is 0 Å². The molecule has 1 heteroatoms. The van der Waals surface area contributed by atoms with Crippen molar-refractivity contribution in [3.63, 3.8) is 0 Å². The molecule has 1 nitrogen and oxygen atoms in total. The van der Waals surface area contributed by atoms with Crippen LogP contribution in [0.15, 0.2) is 64.5 Å². The molecule has 0 radical (unpaired) electrons. The second kappa shape index (κ2) is 8.72. The van der Waals surface area contributed by atoms with Crippen LogP contribution in [0.3, 0.4) is 0 Å². The van der Waals surface area contributed by atoms with Crippen LogP contribution in [0.25, 0.3) is 5.57 Å². The van der Waals surface area contributed by atoms with Gasteiger partial charge < -0.3 is 4.42 Å². The van der Waals surface area contributed by atoms with Gasteiger partial charge in [0, 0.05) is 5.57 Å². The zero-order valence-corrected chi connectivity index (χ0v) is 20.7. The predicted molar refractivity (Wildman–Crippen MR) is 138 cm³/mol. The van der Waals surface area contributed by atoms with Crippen molar-refractivity contribution in [1.29, 1.82) is 0 Å². The molecule has 0 amide bonds. The summed E-state index contributed by atoms with van der Waals surface area (Å²) in [7, 11) is 0. The fourth-order valence-electron chi connectivity index (χ4n) is 7.01. The highest BCUT2D eigenvalue weighted by Crippen LogP contribution is 2.68. The van der Waals surface area contributed by atoms with E-state index in [1.807, 2.05) is 12.5 Å². The van der Waals surface area contributed by atoms with Gasteiger partial charge in [0.15, 0.2) is 0 Å². The minimum absolute atomic E-state index is 0.295. The van der Waals surface area contributed by atoms with E-state index in [1.54, 1.807) is 5.57 Å². The van der Waals surface area contributed by atoms with Gasteiger partial charge in [-0.2, -0.15) is 0 Å². The second-order valence-electron chi connectivity index (χ2n) is 11.2. The Balaban J connectivity index is 1.49. The Morgan fingerprint density at radius 3 is 2.58 bits per heavy atom. The van der Waals surface area contributed by atoms with E-state index >= 15 is 0 Å². The molecule has 3 aliphatic carbocycles. The lowest BCUT2D eigenvalue weighted by molar-refractivity contribution is 0.377. The fourth-order valence-corrected chi connectivity index (χ4v) is 7.01. The molecular formula is C32H38O. The predicted octanol–water partition coefficient (Wildman–Crippen LogP) is 8.58. The van der Waals surface area contributed by atoms with Crippen molar-refractivity contribution in [2.75, 3.05) is 0 Å². The zero-order valence-electron chi connectivity index (χ0n) is 20.7. The molecule has 5 unspecified atom stereocenters. The fraction of sp³-hybridized carbons (Fsp3) is 0.500. The number of terminal acetylenes is 1. The molecule has 0 saturated heterocycles. The molecule has 172 valence electrons. The maximum Gasteiger partial charge on any atom is 0.0937 e. The van der Waals surface area contributed by atoms with Crippen LogP contribution < -0.4 is 0 Å². The molecule has 0 bridgehead atoms. The highest BCUT2D eigenvalue weighted by molar-refractivity contribution is 5.88. The van der Waals surface area contributed by atoms with Gasteiger partial charge in [-0.15, -0.1) is 6.42 Å². The minimum Gasteiger partial charge on any atom is -0.472 e. The SMILES string of the molecule is C#CC1=C(C2CCCC(C(C)c3ccoc3)CC2)C2CC2(C(C)C)C=C1c1ccccc1C. The van der Waals surface area contributed by atoms with Gasteiger partial charge in [-0.05, 0) is 108 Å². The van der Waals surface area contributed by atoms with Gasteiger partial charge in [-0.1, -0.05) is 63.5 Å². The Bertz CT molecular complexity index is 1110. The molecule has 2 fully saturated rings. The van der Waals surface area contributed by atoms with Crippen LogP contribution >= 0.6 is 0 Å². The van der Waals surface area contributed by atoms with Crippen molar-refractivity contribution in [2.24, 2.45) is 29.1 Å². The summed E-state index contributed by atoms with van der Waals surface area (Å²) in [5, 5.41) is 0. The van der Waals surface area contributed by atoms with Gasteiger partial charge in [0.2, 0.25) is 0 Å². The van der Waals surface area contributed by atoms with E-state index in [0.717, 1.165) is 5.92 Å². The first-order valence-corrected chi connectivity index (χ1v) is 13.0. The summed E-state index contributed by atoms with van der Waals surface area (Å²) in [5.74, 6) is 6.41. The van der Waals surface area contributed by atoms with Crippen molar-refractivity contribution in [2.45, 2.75) is 72.1 Å². The number of rotatable bonds is 5. The van der Waals surface area contributed by atoms with Crippen LogP contribution in [-0.4, -0.2) is 0 Å². The highest BCUT2D eigenvalue weighted by atomic mass is 16.3. The number of aryl methyl sites for hydroxylation is 1. The van der Waals surface area contributed by atoms with E-state index in [-0.39, 0.29) is 0 Å².